The number of hydrogen-bond donors (Lipinski definition) is 1. The van der Waals surface area contributed by atoms with Gasteiger partial charge in [0.25, 0.3) is 0 Å². The first-order chi connectivity index (χ1) is 7.88. The molecule has 0 fully saturated rings. The molecule has 1 atom stereocenters. The molecule has 17 heavy (non-hydrogen) atoms. The highest BCUT2D eigenvalue weighted by molar-refractivity contribution is 5.75. The molecule has 0 amide bonds. The molecule has 0 aromatic carbocycles. The first kappa shape index (κ1) is 16.4. The lowest BCUT2D eigenvalue weighted by molar-refractivity contribution is -0.143. The summed E-state index contributed by atoms with van der Waals surface area (Å²) in [7, 11) is 3.54. The molecule has 0 aromatic heterocycles. The van der Waals surface area contributed by atoms with E-state index in [0.717, 1.165) is 25.9 Å². The molecule has 102 valence electrons. The lowest BCUT2D eigenvalue weighted by Gasteiger charge is -2.35. The number of carbonyl (C=O) groups excluding carboxylic acids is 1. The Morgan fingerprint density at radius 3 is 2.41 bits per heavy atom. The van der Waals surface area contributed by atoms with Gasteiger partial charge in [0.2, 0.25) is 0 Å². The van der Waals surface area contributed by atoms with Crippen molar-refractivity contribution in [2.45, 2.75) is 52.1 Å². The van der Waals surface area contributed by atoms with Gasteiger partial charge >= 0.3 is 5.97 Å². The van der Waals surface area contributed by atoms with Gasteiger partial charge in [-0.3, -0.25) is 4.79 Å². The third kappa shape index (κ3) is 5.50. The molecule has 0 aliphatic heterocycles. The van der Waals surface area contributed by atoms with Crippen molar-refractivity contribution in [2.75, 3.05) is 27.2 Å². The molecule has 1 N–H and O–H groups in total. The second kappa shape index (κ2) is 7.67. The number of carbonyl (C=O) groups is 1. The molecule has 0 saturated heterocycles. The second-order valence-corrected chi connectivity index (χ2v) is 5.01. The Labute approximate surface area is 106 Å². The van der Waals surface area contributed by atoms with E-state index >= 15 is 0 Å². The van der Waals surface area contributed by atoms with Gasteiger partial charge < -0.3 is 15.0 Å². The van der Waals surface area contributed by atoms with Gasteiger partial charge in [-0.05, 0) is 40.3 Å². The predicted octanol–water partition coefficient (Wildman–Crippen LogP) is 1.65. The van der Waals surface area contributed by atoms with E-state index in [0.29, 0.717) is 0 Å². The van der Waals surface area contributed by atoms with Crippen LogP contribution in [0, 0.1) is 0 Å². The Morgan fingerprint density at radius 2 is 2.00 bits per heavy atom. The summed E-state index contributed by atoms with van der Waals surface area (Å²) in [5.41, 5.74) is 0.173. The van der Waals surface area contributed by atoms with Crippen LogP contribution in [0.5, 0.6) is 0 Å². The minimum absolute atomic E-state index is 0.172. The molecule has 0 spiro atoms. The Morgan fingerprint density at radius 1 is 1.41 bits per heavy atom. The fourth-order valence-corrected chi connectivity index (χ4v) is 1.59. The van der Waals surface area contributed by atoms with E-state index in [1.54, 1.807) is 0 Å². The molecular formula is C13H28N2O2. The number of hydrogen-bond acceptors (Lipinski definition) is 4. The maximum Gasteiger partial charge on any atom is 0.322 e. The van der Waals surface area contributed by atoms with Crippen molar-refractivity contribution >= 4 is 5.97 Å². The molecule has 0 saturated carbocycles. The zero-order chi connectivity index (χ0) is 13.5. The lowest BCUT2D eigenvalue weighted by atomic mass is 9.99. The summed E-state index contributed by atoms with van der Waals surface area (Å²) >= 11 is 0. The molecule has 4 nitrogen and oxygen atoms in total. The highest BCUT2D eigenvalue weighted by Gasteiger charge is 2.24. The van der Waals surface area contributed by atoms with Crippen molar-refractivity contribution in [3.8, 4) is 0 Å². The van der Waals surface area contributed by atoms with Crippen LogP contribution in [0.2, 0.25) is 0 Å². The van der Waals surface area contributed by atoms with E-state index in [2.05, 4.69) is 38.0 Å². The third-order valence-corrected chi connectivity index (χ3v) is 3.59. The van der Waals surface area contributed by atoms with Crippen molar-refractivity contribution in [1.29, 1.82) is 0 Å². The van der Waals surface area contributed by atoms with Crippen molar-refractivity contribution < 1.29 is 9.53 Å². The average molecular weight is 244 g/mol. The number of nitrogens with one attached hydrogen (secondary N) is 1. The Kier molecular flexibility index (Phi) is 7.39. The Balaban J connectivity index is 4.26. The molecule has 0 aliphatic carbocycles. The standard InChI is InChI=1S/C13H28N2O2/c1-7-13(3,4)15(5)10-9-11(14-8-2)12(16)17-6/h11,14H,7-10H2,1-6H3. The zero-order valence-electron chi connectivity index (χ0n) is 12.2. The first-order valence-electron chi connectivity index (χ1n) is 6.41. The molecule has 0 bridgehead atoms. The van der Waals surface area contributed by atoms with Crippen LogP contribution in [-0.2, 0) is 9.53 Å². The van der Waals surface area contributed by atoms with Crippen LogP contribution in [0.4, 0.5) is 0 Å². The number of methoxy groups -OCH3 is 1. The van der Waals surface area contributed by atoms with Gasteiger partial charge in [0.1, 0.15) is 6.04 Å². The summed E-state index contributed by atoms with van der Waals surface area (Å²) in [6, 6.07) is -0.194. The molecule has 1 unspecified atom stereocenters. The summed E-state index contributed by atoms with van der Waals surface area (Å²) in [5, 5.41) is 3.16. The predicted molar refractivity (Wildman–Crippen MR) is 71.1 cm³/mol. The van der Waals surface area contributed by atoms with E-state index < -0.39 is 0 Å². The highest BCUT2D eigenvalue weighted by Crippen LogP contribution is 2.16. The normalized spacial score (nSPS) is 13.8. The van der Waals surface area contributed by atoms with Gasteiger partial charge in [0.05, 0.1) is 7.11 Å². The quantitative estimate of drug-likeness (QED) is 0.659. The van der Waals surface area contributed by atoms with Crippen molar-refractivity contribution in [3.05, 3.63) is 0 Å². The lowest BCUT2D eigenvalue weighted by Crippen LogP contribution is -2.45. The highest BCUT2D eigenvalue weighted by atomic mass is 16.5. The summed E-state index contributed by atoms with van der Waals surface area (Å²) in [6.45, 7) is 10.3. The van der Waals surface area contributed by atoms with Crippen LogP contribution in [0.1, 0.15) is 40.5 Å². The van der Waals surface area contributed by atoms with Gasteiger partial charge in [-0.25, -0.2) is 0 Å². The van der Waals surface area contributed by atoms with Crippen LogP contribution in [-0.4, -0.2) is 49.7 Å². The smallest absolute Gasteiger partial charge is 0.322 e. The minimum atomic E-state index is -0.194. The summed E-state index contributed by atoms with van der Waals surface area (Å²) in [4.78, 5) is 13.8. The monoisotopic (exact) mass is 244 g/mol. The topological polar surface area (TPSA) is 41.6 Å². The molecule has 0 rings (SSSR count). The molecule has 0 aliphatic rings. The first-order valence-corrected chi connectivity index (χ1v) is 6.41. The van der Waals surface area contributed by atoms with Crippen molar-refractivity contribution in [2.24, 2.45) is 0 Å². The number of likely N-dealkylation sites (N-methyl/N-ethyl adjacent to an activating group) is 1. The number of ether oxygens (including phenoxy) is 1. The molecule has 0 radical (unpaired) electrons. The summed E-state index contributed by atoms with van der Waals surface area (Å²) in [5.74, 6) is -0.172. The number of esters is 1. The SMILES string of the molecule is CCNC(CCN(C)C(C)(C)CC)C(=O)OC. The van der Waals surface area contributed by atoms with Gasteiger partial charge in [-0.2, -0.15) is 0 Å². The Bertz CT molecular complexity index is 229. The third-order valence-electron chi connectivity index (χ3n) is 3.59. The fourth-order valence-electron chi connectivity index (χ4n) is 1.59. The number of nitrogens with zero attached hydrogens (tertiary/aromatic N) is 1. The summed E-state index contributed by atoms with van der Waals surface area (Å²) in [6.07, 6.45) is 1.87. The van der Waals surface area contributed by atoms with Crippen LogP contribution < -0.4 is 5.32 Å². The second-order valence-electron chi connectivity index (χ2n) is 5.01. The fraction of sp³-hybridized carbons (Fsp3) is 0.923. The van der Waals surface area contributed by atoms with E-state index in [4.69, 9.17) is 4.74 Å². The molecule has 0 heterocycles. The number of rotatable bonds is 8. The van der Waals surface area contributed by atoms with Crippen molar-refractivity contribution in [3.63, 3.8) is 0 Å². The average Bonchev–Trinajstić information content (AvgIpc) is 2.32. The van der Waals surface area contributed by atoms with Crippen LogP contribution in [0.25, 0.3) is 0 Å². The van der Waals surface area contributed by atoms with Gasteiger partial charge in [-0.15, -0.1) is 0 Å². The van der Waals surface area contributed by atoms with Gasteiger partial charge in [0, 0.05) is 12.1 Å². The maximum absolute atomic E-state index is 11.5. The Hall–Kier alpha value is -0.610. The molecule has 0 aromatic rings. The van der Waals surface area contributed by atoms with E-state index in [1.807, 2.05) is 6.92 Å². The van der Waals surface area contributed by atoms with E-state index in [1.165, 1.54) is 7.11 Å². The van der Waals surface area contributed by atoms with E-state index in [-0.39, 0.29) is 17.6 Å². The van der Waals surface area contributed by atoms with Gasteiger partial charge in [-0.1, -0.05) is 13.8 Å². The van der Waals surface area contributed by atoms with E-state index in [9.17, 15) is 4.79 Å². The van der Waals surface area contributed by atoms with Crippen LogP contribution >= 0.6 is 0 Å². The summed E-state index contributed by atoms with van der Waals surface area (Å²) < 4.78 is 4.79. The zero-order valence-corrected chi connectivity index (χ0v) is 12.2. The minimum Gasteiger partial charge on any atom is -0.468 e. The van der Waals surface area contributed by atoms with Gasteiger partial charge in [0.15, 0.2) is 0 Å². The van der Waals surface area contributed by atoms with Crippen molar-refractivity contribution in [1.82, 2.24) is 10.2 Å². The molecular weight excluding hydrogens is 216 g/mol. The van der Waals surface area contributed by atoms with Crippen LogP contribution in [0.3, 0.4) is 0 Å². The largest absolute Gasteiger partial charge is 0.468 e. The molecule has 4 heteroatoms. The van der Waals surface area contributed by atoms with Crippen LogP contribution in [0.15, 0.2) is 0 Å². The maximum atomic E-state index is 11.5.